The van der Waals surface area contributed by atoms with Crippen molar-refractivity contribution in [3.05, 3.63) is 54.6 Å². The molecule has 0 heterocycles. The van der Waals surface area contributed by atoms with Gasteiger partial charge in [0.15, 0.2) is 0 Å². The highest BCUT2D eigenvalue weighted by molar-refractivity contribution is 6.03. The van der Waals surface area contributed by atoms with Crippen LogP contribution in [0.2, 0.25) is 0 Å². The number of urea groups is 1. The first-order valence-corrected chi connectivity index (χ1v) is 8.71. The van der Waals surface area contributed by atoms with Gasteiger partial charge in [-0.25, -0.2) is 4.79 Å². The summed E-state index contributed by atoms with van der Waals surface area (Å²) in [6.45, 7) is 2.14. The highest BCUT2D eigenvalue weighted by Crippen LogP contribution is 2.22. The van der Waals surface area contributed by atoms with Crippen LogP contribution in [0.1, 0.15) is 39.0 Å². The Hall–Kier alpha value is -2.82. The summed E-state index contributed by atoms with van der Waals surface area (Å²) in [6.07, 6.45) is 4.72. The maximum Gasteiger partial charge on any atom is 0.323 e. The Morgan fingerprint density at radius 3 is 2.08 bits per heavy atom. The van der Waals surface area contributed by atoms with Crippen molar-refractivity contribution in [1.29, 1.82) is 0 Å². The SMILES string of the molecule is CCCCCCC(=O)Nc1ccccc1NC(=O)Nc1ccccc1. The Kier molecular flexibility index (Phi) is 7.50. The van der Waals surface area contributed by atoms with Gasteiger partial charge in [0.05, 0.1) is 11.4 Å². The molecule has 5 nitrogen and oxygen atoms in total. The smallest absolute Gasteiger partial charge is 0.323 e. The van der Waals surface area contributed by atoms with Gasteiger partial charge in [-0.05, 0) is 30.7 Å². The number of anilines is 3. The zero-order valence-electron chi connectivity index (χ0n) is 14.5. The van der Waals surface area contributed by atoms with Crippen LogP contribution in [-0.2, 0) is 4.79 Å². The van der Waals surface area contributed by atoms with Crippen molar-refractivity contribution in [2.45, 2.75) is 39.0 Å². The van der Waals surface area contributed by atoms with E-state index in [1.54, 1.807) is 12.1 Å². The summed E-state index contributed by atoms with van der Waals surface area (Å²) in [5.41, 5.74) is 1.88. The van der Waals surface area contributed by atoms with Crippen molar-refractivity contribution in [3.8, 4) is 0 Å². The van der Waals surface area contributed by atoms with Gasteiger partial charge in [0.1, 0.15) is 0 Å². The Morgan fingerprint density at radius 2 is 1.40 bits per heavy atom. The van der Waals surface area contributed by atoms with Crippen LogP contribution in [0.5, 0.6) is 0 Å². The van der Waals surface area contributed by atoms with Gasteiger partial charge in [0.25, 0.3) is 0 Å². The summed E-state index contributed by atoms with van der Waals surface area (Å²) in [5, 5.41) is 8.41. The molecular weight excluding hydrogens is 314 g/mol. The fourth-order valence-electron chi connectivity index (χ4n) is 2.43. The van der Waals surface area contributed by atoms with Crippen molar-refractivity contribution < 1.29 is 9.59 Å². The third kappa shape index (κ3) is 6.67. The molecule has 0 bridgehead atoms. The van der Waals surface area contributed by atoms with Crippen LogP contribution < -0.4 is 16.0 Å². The Balaban J connectivity index is 1.91. The van der Waals surface area contributed by atoms with Crippen molar-refractivity contribution >= 4 is 29.0 Å². The standard InChI is InChI=1S/C20H25N3O2/c1-2-3-4-8-15-19(24)22-17-13-9-10-14-18(17)23-20(25)21-16-11-6-5-7-12-16/h5-7,9-14H,2-4,8,15H2,1H3,(H,22,24)(H2,21,23,25). The molecule has 3 amide bonds. The lowest BCUT2D eigenvalue weighted by atomic mass is 10.1. The fraction of sp³-hybridized carbons (Fsp3) is 0.300. The molecule has 0 aliphatic heterocycles. The highest BCUT2D eigenvalue weighted by atomic mass is 16.2. The molecule has 0 aliphatic rings. The zero-order chi connectivity index (χ0) is 17.9. The van der Waals surface area contributed by atoms with Crippen LogP contribution >= 0.6 is 0 Å². The molecule has 2 rings (SSSR count). The molecule has 0 unspecified atom stereocenters. The van der Waals surface area contributed by atoms with Crippen molar-refractivity contribution in [1.82, 2.24) is 0 Å². The first kappa shape index (κ1) is 18.5. The molecule has 0 aliphatic carbocycles. The molecule has 0 saturated carbocycles. The number of unbranched alkanes of at least 4 members (excludes halogenated alkanes) is 3. The van der Waals surface area contributed by atoms with Crippen LogP contribution in [0, 0.1) is 0 Å². The average Bonchev–Trinajstić information content (AvgIpc) is 2.61. The molecule has 0 radical (unpaired) electrons. The molecular formula is C20H25N3O2. The number of carbonyl (C=O) groups excluding carboxylic acids is 2. The van der Waals surface area contributed by atoms with E-state index < -0.39 is 0 Å². The molecule has 25 heavy (non-hydrogen) atoms. The van der Waals surface area contributed by atoms with Gasteiger partial charge >= 0.3 is 6.03 Å². The molecule has 5 heteroatoms. The van der Waals surface area contributed by atoms with E-state index in [1.165, 1.54) is 0 Å². The molecule has 0 saturated heterocycles. The summed E-state index contributed by atoms with van der Waals surface area (Å²) in [5.74, 6) is -0.0335. The van der Waals surface area contributed by atoms with Gasteiger partial charge in [0, 0.05) is 12.1 Å². The van der Waals surface area contributed by atoms with Crippen LogP contribution in [-0.4, -0.2) is 11.9 Å². The quantitative estimate of drug-likeness (QED) is 0.576. The lowest BCUT2D eigenvalue weighted by molar-refractivity contribution is -0.116. The van der Waals surface area contributed by atoms with Gasteiger partial charge < -0.3 is 16.0 Å². The lowest BCUT2D eigenvalue weighted by Gasteiger charge is -2.13. The second kappa shape index (κ2) is 10.1. The number of nitrogens with one attached hydrogen (secondary N) is 3. The number of hydrogen-bond acceptors (Lipinski definition) is 2. The first-order chi connectivity index (χ1) is 12.2. The highest BCUT2D eigenvalue weighted by Gasteiger charge is 2.09. The Labute approximate surface area is 148 Å². The molecule has 2 aromatic carbocycles. The number of amides is 3. The molecule has 0 aromatic heterocycles. The second-order valence-corrected chi connectivity index (χ2v) is 5.85. The summed E-state index contributed by atoms with van der Waals surface area (Å²) in [7, 11) is 0. The number of carbonyl (C=O) groups is 2. The molecule has 2 aromatic rings. The Bertz CT molecular complexity index is 686. The van der Waals surface area contributed by atoms with Gasteiger partial charge in [-0.15, -0.1) is 0 Å². The summed E-state index contributed by atoms with van der Waals surface area (Å²) < 4.78 is 0. The molecule has 132 valence electrons. The van der Waals surface area contributed by atoms with Gasteiger partial charge in [-0.2, -0.15) is 0 Å². The van der Waals surface area contributed by atoms with E-state index in [0.717, 1.165) is 25.7 Å². The second-order valence-electron chi connectivity index (χ2n) is 5.85. The normalized spacial score (nSPS) is 10.1. The van der Waals surface area contributed by atoms with Gasteiger partial charge in [-0.1, -0.05) is 56.5 Å². The summed E-state index contributed by atoms with van der Waals surface area (Å²) in [6, 6.07) is 16.0. The first-order valence-electron chi connectivity index (χ1n) is 8.71. The maximum atomic E-state index is 12.1. The topological polar surface area (TPSA) is 70.2 Å². The maximum absolute atomic E-state index is 12.1. The van der Waals surface area contributed by atoms with Crippen molar-refractivity contribution in [2.75, 3.05) is 16.0 Å². The molecule has 0 atom stereocenters. The van der Waals surface area contributed by atoms with E-state index in [1.807, 2.05) is 42.5 Å². The number of benzene rings is 2. The molecule has 0 spiro atoms. The third-order valence-electron chi connectivity index (χ3n) is 3.74. The minimum Gasteiger partial charge on any atom is -0.324 e. The minimum atomic E-state index is -0.351. The fourth-order valence-corrected chi connectivity index (χ4v) is 2.43. The Morgan fingerprint density at radius 1 is 0.760 bits per heavy atom. The van der Waals surface area contributed by atoms with E-state index in [9.17, 15) is 9.59 Å². The van der Waals surface area contributed by atoms with Crippen LogP contribution in [0.25, 0.3) is 0 Å². The third-order valence-corrected chi connectivity index (χ3v) is 3.74. The van der Waals surface area contributed by atoms with E-state index >= 15 is 0 Å². The predicted octanol–water partition coefficient (Wildman–Crippen LogP) is 5.24. The van der Waals surface area contributed by atoms with Crippen molar-refractivity contribution in [3.63, 3.8) is 0 Å². The summed E-state index contributed by atoms with van der Waals surface area (Å²) >= 11 is 0. The number of para-hydroxylation sites is 3. The van der Waals surface area contributed by atoms with E-state index in [-0.39, 0.29) is 11.9 Å². The van der Waals surface area contributed by atoms with Crippen LogP contribution in [0.3, 0.4) is 0 Å². The lowest BCUT2D eigenvalue weighted by Crippen LogP contribution is -2.21. The van der Waals surface area contributed by atoms with Crippen LogP contribution in [0.4, 0.5) is 21.9 Å². The predicted molar refractivity (Wildman–Crippen MR) is 103 cm³/mol. The van der Waals surface area contributed by atoms with Crippen LogP contribution in [0.15, 0.2) is 54.6 Å². The van der Waals surface area contributed by atoms with Gasteiger partial charge in [0.2, 0.25) is 5.91 Å². The van der Waals surface area contributed by atoms with Gasteiger partial charge in [-0.3, -0.25) is 4.79 Å². The zero-order valence-corrected chi connectivity index (χ0v) is 14.5. The van der Waals surface area contributed by atoms with Crippen molar-refractivity contribution in [2.24, 2.45) is 0 Å². The van der Waals surface area contributed by atoms with E-state index in [4.69, 9.17) is 0 Å². The average molecular weight is 339 g/mol. The van der Waals surface area contributed by atoms with E-state index in [2.05, 4.69) is 22.9 Å². The molecule has 0 fully saturated rings. The monoisotopic (exact) mass is 339 g/mol. The largest absolute Gasteiger partial charge is 0.324 e. The molecule has 3 N–H and O–H groups in total. The minimum absolute atomic E-state index is 0.0335. The summed E-state index contributed by atoms with van der Waals surface area (Å²) in [4.78, 5) is 24.2. The number of hydrogen-bond donors (Lipinski definition) is 3. The van der Waals surface area contributed by atoms with E-state index in [0.29, 0.717) is 23.5 Å². The number of rotatable bonds is 8.